The highest BCUT2D eigenvalue weighted by atomic mass is 16.5. The van der Waals surface area contributed by atoms with Gasteiger partial charge in [-0.15, -0.1) is 0 Å². The molecule has 0 aliphatic heterocycles. The Morgan fingerprint density at radius 3 is 2.76 bits per heavy atom. The number of carbonyl (C=O) groups excluding carboxylic acids is 2. The summed E-state index contributed by atoms with van der Waals surface area (Å²) in [5.74, 6) is -0.385. The van der Waals surface area contributed by atoms with E-state index in [1.165, 1.54) is 0 Å². The van der Waals surface area contributed by atoms with E-state index in [-0.39, 0.29) is 24.2 Å². The van der Waals surface area contributed by atoms with Crippen molar-refractivity contribution in [3.8, 4) is 0 Å². The second-order valence-corrected chi connectivity index (χ2v) is 5.32. The summed E-state index contributed by atoms with van der Waals surface area (Å²) in [5.41, 5.74) is 6.15. The van der Waals surface area contributed by atoms with Crippen LogP contribution in [0.4, 0.5) is 0 Å². The highest BCUT2D eigenvalue weighted by Crippen LogP contribution is 2.24. The van der Waals surface area contributed by atoms with Crippen LogP contribution in [0.5, 0.6) is 0 Å². The third kappa shape index (κ3) is 3.04. The lowest BCUT2D eigenvalue weighted by molar-refractivity contribution is -0.130. The summed E-state index contributed by atoms with van der Waals surface area (Å²) < 4.78 is 5.14. The predicted octanol–water partition coefficient (Wildman–Crippen LogP) is 1.71. The summed E-state index contributed by atoms with van der Waals surface area (Å²) >= 11 is 0. The minimum Gasteiger partial charge on any atom is -0.356 e. The van der Waals surface area contributed by atoms with E-state index in [4.69, 9.17) is 4.52 Å². The van der Waals surface area contributed by atoms with Crippen molar-refractivity contribution in [2.24, 2.45) is 5.92 Å². The van der Waals surface area contributed by atoms with Crippen molar-refractivity contribution in [3.05, 3.63) is 30.0 Å². The molecule has 0 bridgehead atoms. The van der Waals surface area contributed by atoms with Crippen molar-refractivity contribution in [2.45, 2.75) is 32.1 Å². The van der Waals surface area contributed by atoms with Crippen molar-refractivity contribution < 1.29 is 14.1 Å². The summed E-state index contributed by atoms with van der Waals surface area (Å²) in [4.78, 5) is 23.7. The Morgan fingerprint density at radius 2 is 1.95 bits per heavy atom. The van der Waals surface area contributed by atoms with Crippen LogP contribution in [-0.4, -0.2) is 17.0 Å². The van der Waals surface area contributed by atoms with Crippen molar-refractivity contribution in [1.29, 1.82) is 0 Å². The number of nitrogens with zero attached hydrogens (tertiary/aromatic N) is 1. The number of hydrogen-bond donors (Lipinski definition) is 2. The second-order valence-electron chi connectivity index (χ2n) is 5.32. The molecule has 6 nitrogen and oxygen atoms in total. The zero-order valence-electron chi connectivity index (χ0n) is 11.6. The van der Waals surface area contributed by atoms with Crippen LogP contribution < -0.4 is 10.9 Å². The zero-order chi connectivity index (χ0) is 14.7. The van der Waals surface area contributed by atoms with E-state index < -0.39 is 0 Å². The van der Waals surface area contributed by atoms with Gasteiger partial charge in [0.1, 0.15) is 5.69 Å². The number of hydrogen-bond acceptors (Lipinski definition) is 4. The Morgan fingerprint density at radius 1 is 1.19 bits per heavy atom. The zero-order valence-corrected chi connectivity index (χ0v) is 11.6. The number of aromatic nitrogens is 1. The number of fused-ring (bicyclic) bond motifs is 1. The fourth-order valence-corrected chi connectivity index (χ4v) is 2.68. The van der Waals surface area contributed by atoms with Gasteiger partial charge in [-0.25, -0.2) is 0 Å². The number of para-hydroxylation sites is 1. The first-order chi connectivity index (χ1) is 10.2. The predicted molar refractivity (Wildman–Crippen MR) is 76.0 cm³/mol. The molecule has 0 radical (unpaired) electrons. The number of hydrazine groups is 1. The molecule has 0 unspecified atom stereocenters. The molecule has 0 saturated heterocycles. The summed E-state index contributed by atoms with van der Waals surface area (Å²) in [7, 11) is 0. The average molecular weight is 287 g/mol. The lowest BCUT2D eigenvalue weighted by Gasteiger charge is -2.10. The quantitative estimate of drug-likeness (QED) is 0.842. The molecule has 21 heavy (non-hydrogen) atoms. The van der Waals surface area contributed by atoms with Crippen molar-refractivity contribution in [3.63, 3.8) is 0 Å². The van der Waals surface area contributed by atoms with Gasteiger partial charge in [0, 0.05) is 11.3 Å². The minimum absolute atomic E-state index is 0.0261. The number of nitrogens with one attached hydrogen (secondary N) is 2. The Kier molecular flexibility index (Phi) is 3.85. The number of rotatable bonds is 3. The molecule has 1 aliphatic rings. The van der Waals surface area contributed by atoms with Crippen molar-refractivity contribution in [1.82, 2.24) is 16.0 Å². The molecule has 2 aromatic rings. The smallest absolute Gasteiger partial charge is 0.244 e. The largest absolute Gasteiger partial charge is 0.356 e. The number of amides is 2. The van der Waals surface area contributed by atoms with E-state index >= 15 is 0 Å². The monoisotopic (exact) mass is 287 g/mol. The number of carbonyl (C=O) groups is 2. The maximum atomic E-state index is 11.9. The van der Waals surface area contributed by atoms with Gasteiger partial charge >= 0.3 is 0 Å². The van der Waals surface area contributed by atoms with Crippen LogP contribution >= 0.6 is 0 Å². The van der Waals surface area contributed by atoms with Crippen LogP contribution in [0.1, 0.15) is 31.4 Å². The highest BCUT2D eigenvalue weighted by molar-refractivity contribution is 5.88. The van der Waals surface area contributed by atoms with Gasteiger partial charge in [-0.3, -0.25) is 20.4 Å². The Bertz CT molecular complexity index is 659. The summed E-state index contributed by atoms with van der Waals surface area (Å²) in [6.07, 6.45) is 4.03. The topological polar surface area (TPSA) is 84.2 Å². The van der Waals surface area contributed by atoms with Crippen LogP contribution in [0.2, 0.25) is 0 Å². The maximum Gasteiger partial charge on any atom is 0.244 e. The third-order valence-electron chi connectivity index (χ3n) is 3.83. The third-order valence-corrected chi connectivity index (χ3v) is 3.83. The first-order valence-electron chi connectivity index (χ1n) is 7.16. The molecule has 6 heteroatoms. The normalized spacial score (nSPS) is 15.2. The number of benzene rings is 1. The van der Waals surface area contributed by atoms with Crippen LogP contribution in [0.15, 0.2) is 28.8 Å². The van der Waals surface area contributed by atoms with Gasteiger partial charge < -0.3 is 4.52 Å². The summed E-state index contributed by atoms with van der Waals surface area (Å²) in [6.45, 7) is 0. The molecule has 1 fully saturated rings. The van der Waals surface area contributed by atoms with Crippen LogP contribution in [0.3, 0.4) is 0 Å². The molecule has 0 atom stereocenters. The lowest BCUT2D eigenvalue weighted by Crippen LogP contribution is -2.44. The first kappa shape index (κ1) is 13.6. The molecule has 1 aliphatic carbocycles. The second kappa shape index (κ2) is 5.95. The fraction of sp³-hybridized carbons (Fsp3) is 0.400. The van der Waals surface area contributed by atoms with Gasteiger partial charge in [0.15, 0.2) is 5.58 Å². The molecular formula is C15H17N3O3. The SMILES string of the molecule is O=C(Cc1noc2ccccc12)NNC(=O)C1CCCC1. The molecular weight excluding hydrogens is 270 g/mol. The van der Waals surface area contributed by atoms with E-state index in [9.17, 15) is 9.59 Å². The van der Waals surface area contributed by atoms with E-state index in [1.807, 2.05) is 18.2 Å². The molecule has 2 N–H and O–H groups in total. The van der Waals surface area contributed by atoms with Gasteiger partial charge in [-0.2, -0.15) is 0 Å². The van der Waals surface area contributed by atoms with E-state index in [1.54, 1.807) is 6.07 Å². The Balaban J connectivity index is 1.55. The highest BCUT2D eigenvalue weighted by Gasteiger charge is 2.23. The minimum atomic E-state index is -0.305. The van der Waals surface area contributed by atoms with Crippen LogP contribution in [0.25, 0.3) is 11.0 Å². The molecule has 2 amide bonds. The van der Waals surface area contributed by atoms with E-state index in [0.717, 1.165) is 31.1 Å². The average Bonchev–Trinajstić information content (AvgIpc) is 3.15. The van der Waals surface area contributed by atoms with Crippen molar-refractivity contribution in [2.75, 3.05) is 0 Å². The van der Waals surface area contributed by atoms with Gasteiger partial charge in [0.05, 0.1) is 6.42 Å². The summed E-state index contributed by atoms with van der Waals surface area (Å²) in [5, 5.41) is 4.71. The maximum absolute atomic E-state index is 11.9. The molecule has 110 valence electrons. The van der Waals surface area contributed by atoms with E-state index in [2.05, 4.69) is 16.0 Å². The van der Waals surface area contributed by atoms with E-state index in [0.29, 0.717) is 11.3 Å². The van der Waals surface area contributed by atoms with Crippen LogP contribution in [-0.2, 0) is 16.0 Å². The standard InChI is InChI=1S/C15H17N3O3/c19-14(16-17-15(20)10-5-1-2-6-10)9-12-11-7-3-4-8-13(11)21-18-12/h3-4,7-8,10H,1-2,5-6,9H2,(H,16,19)(H,17,20). The molecule has 1 aromatic carbocycles. The molecule has 1 saturated carbocycles. The molecule has 0 spiro atoms. The Hall–Kier alpha value is -2.37. The fourth-order valence-electron chi connectivity index (χ4n) is 2.68. The molecule has 3 rings (SSSR count). The van der Waals surface area contributed by atoms with Crippen molar-refractivity contribution >= 4 is 22.8 Å². The van der Waals surface area contributed by atoms with Gasteiger partial charge in [-0.1, -0.05) is 30.1 Å². The molecule has 1 aromatic heterocycles. The van der Waals surface area contributed by atoms with Gasteiger partial charge in [0.2, 0.25) is 11.8 Å². The lowest BCUT2D eigenvalue weighted by atomic mass is 10.1. The van der Waals surface area contributed by atoms with Gasteiger partial charge in [0.25, 0.3) is 0 Å². The van der Waals surface area contributed by atoms with Gasteiger partial charge in [-0.05, 0) is 25.0 Å². The molecule has 1 heterocycles. The Labute approximate surface area is 121 Å². The summed E-state index contributed by atoms with van der Waals surface area (Å²) in [6, 6.07) is 7.36. The first-order valence-corrected chi connectivity index (χ1v) is 7.16. The van der Waals surface area contributed by atoms with Crippen LogP contribution in [0, 0.1) is 5.92 Å².